The van der Waals surface area contributed by atoms with E-state index in [0.29, 0.717) is 6.42 Å². The van der Waals surface area contributed by atoms with Gasteiger partial charge in [-0.05, 0) is 44.9 Å². The first kappa shape index (κ1) is 45.6. The van der Waals surface area contributed by atoms with Gasteiger partial charge in [-0.25, -0.2) is 0 Å². The molecule has 0 aromatic carbocycles. The number of carbonyl (C=O) groups excluding carboxylic acids is 1. The SMILES string of the molecule is CCCCCCCCC/C=C/CC/C=C/CC/C=C/C(O)C(CO)NC(=O)CC(O)CCCCCCCCCCCCCCCCC. The maximum atomic E-state index is 12.4. The van der Waals surface area contributed by atoms with E-state index in [-0.39, 0.29) is 18.9 Å². The molecule has 0 bridgehead atoms. The Labute approximate surface area is 292 Å². The van der Waals surface area contributed by atoms with E-state index >= 15 is 0 Å². The van der Waals surface area contributed by atoms with Crippen LogP contribution in [-0.4, -0.2) is 46.1 Å². The van der Waals surface area contributed by atoms with Crippen molar-refractivity contribution in [1.82, 2.24) is 5.32 Å². The van der Waals surface area contributed by atoms with Crippen LogP contribution >= 0.6 is 0 Å². The molecule has 0 aliphatic carbocycles. The fourth-order valence-electron chi connectivity index (χ4n) is 6.02. The van der Waals surface area contributed by atoms with Crippen LogP contribution < -0.4 is 5.32 Å². The Morgan fingerprint density at radius 2 is 0.915 bits per heavy atom. The van der Waals surface area contributed by atoms with Gasteiger partial charge in [-0.2, -0.15) is 0 Å². The summed E-state index contributed by atoms with van der Waals surface area (Å²) >= 11 is 0. The number of carbonyl (C=O) groups is 1. The molecule has 1 amide bonds. The normalized spacial score (nSPS) is 14.1. The fourth-order valence-corrected chi connectivity index (χ4v) is 6.02. The minimum atomic E-state index is -0.956. The third-order valence-electron chi connectivity index (χ3n) is 9.16. The Hall–Kier alpha value is -1.43. The van der Waals surface area contributed by atoms with Gasteiger partial charge in [0.2, 0.25) is 5.91 Å². The summed E-state index contributed by atoms with van der Waals surface area (Å²) in [6.45, 7) is 4.18. The number of aliphatic hydroxyl groups excluding tert-OH is 3. The highest BCUT2D eigenvalue weighted by molar-refractivity contribution is 5.76. The molecule has 0 heterocycles. The number of aliphatic hydroxyl groups is 3. The van der Waals surface area contributed by atoms with Crippen molar-refractivity contribution in [3.8, 4) is 0 Å². The van der Waals surface area contributed by atoms with Crippen molar-refractivity contribution in [1.29, 1.82) is 0 Å². The van der Waals surface area contributed by atoms with Crippen LogP contribution in [0.15, 0.2) is 36.5 Å². The summed E-state index contributed by atoms with van der Waals surface area (Å²) in [5.41, 5.74) is 0. The number of hydrogen-bond donors (Lipinski definition) is 4. The highest BCUT2D eigenvalue weighted by Gasteiger charge is 2.20. The molecule has 47 heavy (non-hydrogen) atoms. The lowest BCUT2D eigenvalue weighted by Crippen LogP contribution is -2.45. The monoisotopic (exact) mass is 662 g/mol. The topological polar surface area (TPSA) is 89.8 Å². The van der Waals surface area contributed by atoms with Crippen LogP contribution in [0.1, 0.15) is 200 Å². The second-order valence-electron chi connectivity index (χ2n) is 13.9. The Morgan fingerprint density at radius 3 is 1.36 bits per heavy atom. The van der Waals surface area contributed by atoms with Gasteiger partial charge in [0.05, 0.1) is 31.3 Å². The van der Waals surface area contributed by atoms with Gasteiger partial charge < -0.3 is 20.6 Å². The summed E-state index contributed by atoms with van der Waals surface area (Å²) in [6, 6.07) is -0.764. The lowest BCUT2D eigenvalue weighted by molar-refractivity contribution is -0.124. The molecule has 5 nitrogen and oxygen atoms in total. The maximum Gasteiger partial charge on any atom is 0.222 e. The molecule has 0 aromatic rings. The van der Waals surface area contributed by atoms with Crippen LogP contribution in [0, 0.1) is 0 Å². The lowest BCUT2D eigenvalue weighted by Gasteiger charge is -2.21. The Bertz CT molecular complexity index is 734. The number of hydrogen-bond acceptors (Lipinski definition) is 4. The smallest absolute Gasteiger partial charge is 0.222 e. The van der Waals surface area contributed by atoms with E-state index in [1.807, 2.05) is 6.08 Å². The molecule has 0 saturated heterocycles. The zero-order chi connectivity index (χ0) is 34.5. The molecule has 4 N–H and O–H groups in total. The fraction of sp³-hybridized carbons (Fsp3) is 0.833. The second-order valence-corrected chi connectivity index (χ2v) is 13.9. The minimum Gasteiger partial charge on any atom is -0.394 e. The first-order valence-electron chi connectivity index (χ1n) is 20.3. The molecule has 0 aromatic heterocycles. The Kier molecular flexibility index (Phi) is 36.3. The molecule has 0 rings (SSSR count). The van der Waals surface area contributed by atoms with Crippen LogP contribution in [0.5, 0.6) is 0 Å². The number of amides is 1. The van der Waals surface area contributed by atoms with E-state index in [0.717, 1.165) is 38.5 Å². The molecule has 3 atom stereocenters. The number of rotatable bonds is 36. The van der Waals surface area contributed by atoms with Gasteiger partial charge in [-0.3, -0.25) is 4.79 Å². The third-order valence-corrected chi connectivity index (χ3v) is 9.16. The molecule has 0 aliphatic heterocycles. The van der Waals surface area contributed by atoms with E-state index in [9.17, 15) is 20.1 Å². The Balaban J connectivity index is 3.77. The predicted molar refractivity (Wildman–Crippen MR) is 204 cm³/mol. The van der Waals surface area contributed by atoms with Crippen molar-refractivity contribution in [2.24, 2.45) is 0 Å². The molecule has 3 unspecified atom stereocenters. The van der Waals surface area contributed by atoms with Crippen LogP contribution in [0.25, 0.3) is 0 Å². The standard InChI is InChI=1S/C42H79NO4/c1-3-5-7-9-11-13-15-17-19-20-22-24-26-28-30-32-34-36-41(46)40(38-44)43-42(47)37-39(45)35-33-31-29-27-25-23-21-18-16-14-12-10-8-6-4-2/h19-20,26,28,34,36,39-41,44-46H,3-18,21-25,27,29-33,35,37-38H2,1-2H3,(H,43,47)/b20-19+,28-26+,36-34+. The van der Waals surface area contributed by atoms with Crippen molar-refractivity contribution in [2.45, 2.75) is 218 Å². The molecule has 0 fully saturated rings. The minimum absolute atomic E-state index is 0.00461. The van der Waals surface area contributed by atoms with Gasteiger partial charge >= 0.3 is 0 Å². The van der Waals surface area contributed by atoms with Crippen LogP contribution in [-0.2, 0) is 4.79 Å². The summed E-state index contributed by atoms with van der Waals surface area (Å²) in [6.07, 6.45) is 45.6. The summed E-state index contributed by atoms with van der Waals surface area (Å²) in [4.78, 5) is 12.4. The summed E-state index contributed by atoms with van der Waals surface area (Å²) in [5.74, 6) is -0.329. The molecule has 0 aliphatic rings. The van der Waals surface area contributed by atoms with E-state index in [1.165, 1.54) is 135 Å². The van der Waals surface area contributed by atoms with Gasteiger partial charge in [0.1, 0.15) is 0 Å². The van der Waals surface area contributed by atoms with Crippen molar-refractivity contribution >= 4 is 5.91 Å². The van der Waals surface area contributed by atoms with Gasteiger partial charge in [-0.1, -0.05) is 185 Å². The quantitative estimate of drug-likeness (QED) is 0.0397. The molecule has 276 valence electrons. The first-order valence-corrected chi connectivity index (χ1v) is 20.3. The zero-order valence-electron chi connectivity index (χ0n) is 31.2. The molecule has 5 heteroatoms. The predicted octanol–water partition coefficient (Wildman–Crippen LogP) is 11.2. The largest absolute Gasteiger partial charge is 0.394 e. The highest BCUT2D eigenvalue weighted by atomic mass is 16.3. The Morgan fingerprint density at radius 1 is 0.532 bits per heavy atom. The molecule has 0 radical (unpaired) electrons. The third kappa shape index (κ3) is 34.2. The molecular weight excluding hydrogens is 582 g/mol. The van der Waals surface area contributed by atoms with Gasteiger partial charge in [0.25, 0.3) is 0 Å². The summed E-state index contributed by atoms with van der Waals surface area (Å²) in [5, 5.41) is 33.1. The molecule has 0 spiro atoms. The second kappa shape index (κ2) is 37.4. The van der Waals surface area contributed by atoms with E-state index in [4.69, 9.17) is 0 Å². The van der Waals surface area contributed by atoms with Gasteiger partial charge in [0.15, 0.2) is 0 Å². The number of unbranched alkanes of at least 4 members (excludes halogenated alkanes) is 23. The number of nitrogens with one attached hydrogen (secondary N) is 1. The molecular formula is C42H79NO4. The zero-order valence-corrected chi connectivity index (χ0v) is 31.2. The maximum absolute atomic E-state index is 12.4. The van der Waals surface area contributed by atoms with E-state index < -0.39 is 18.2 Å². The van der Waals surface area contributed by atoms with Crippen molar-refractivity contribution in [3.05, 3.63) is 36.5 Å². The van der Waals surface area contributed by atoms with Crippen LogP contribution in [0.2, 0.25) is 0 Å². The lowest BCUT2D eigenvalue weighted by atomic mass is 10.0. The highest BCUT2D eigenvalue weighted by Crippen LogP contribution is 2.15. The van der Waals surface area contributed by atoms with Crippen LogP contribution in [0.3, 0.4) is 0 Å². The van der Waals surface area contributed by atoms with E-state index in [2.05, 4.69) is 43.5 Å². The van der Waals surface area contributed by atoms with Gasteiger partial charge in [0, 0.05) is 0 Å². The summed E-state index contributed by atoms with van der Waals surface area (Å²) < 4.78 is 0. The van der Waals surface area contributed by atoms with Crippen LogP contribution in [0.4, 0.5) is 0 Å². The average molecular weight is 662 g/mol. The van der Waals surface area contributed by atoms with Crippen molar-refractivity contribution in [3.63, 3.8) is 0 Å². The van der Waals surface area contributed by atoms with E-state index in [1.54, 1.807) is 6.08 Å². The summed E-state index contributed by atoms with van der Waals surface area (Å²) in [7, 11) is 0. The number of allylic oxidation sites excluding steroid dienone is 5. The van der Waals surface area contributed by atoms with Crippen molar-refractivity contribution in [2.75, 3.05) is 6.61 Å². The molecule has 0 saturated carbocycles. The van der Waals surface area contributed by atoms with Gasteiger partial charge in [-0.15, -0.1) is 0 Å². The average Bonchev–Trinajstić information content (AvgIpc) is 3.06. The first-order chi connectivity index (χ1) is 23.0. The van der Waals surface area contributed by atoms with Crippen molar-refractivity contribution < 1.29 is 20.1 Å².